The second-order valence-corrected chi connectivity index (χ2v) is 9.21. The van der Waals surface area contributed by atoms with Crippen LogP contribution in [-0.4, -0.2) is 74.1 Å². The molecule has 1 amide bonds. The standard InChI is InChI=1S/C18H22ClN5O4S/c1-12-10-28-8-7-24(12)15-9-13(21-18(19)22-15)11-29(26,27)14-5-4-6-20-16(14)17(25)23(2)3/h4-6,9,12H,7-8,10-11H2,1-3H3/t12-/m0/s1. The zero-order chi connectivity index (χ0) is 21.2. The lowest BCUT2D eigenvalue weighted by Crippen LogP contribution is -2.44. The van der Waals surface area contributed by atoms with E-state index in [0.29, 0.717) is 25.6 Å². The molecule has 0 N–H and O–H groups in total. The van der Waals surface area contributed by atoms with Crippen LogP contribution in [0, 0.1) is 0 Å². The highest BCUT2D eigenvalue weighted by atomic mass is 35.5. The first-order valence-electron chi connectivity index (χ1n) is 8.96. The highest BCUT2D eigenvalue weighted by molar-refractivity contribution is 7.90. The van der Waals surface area contributed by atoms with Crippen LogP contribution < -0.4 is 4.90 Å². The Balaban J connectivity index is 1.95. The van der Waals surface area contributed by atoms with Crippen LogP contribution in [0.15, 0.2) is 29.3 Å². The Hall–Kier alpha value is -2.30. The van der Waals surface area contributed by atoms with Gasteiger partial charge < -0.3 is 14.5 Å². The molecule has 1 fully saturated rings. The fourth-order valence-electron chi connectivity index (χ4n) is 3.03. The minimum atomic E-state index is -3.90. The van der Waals surface area contributed by atoms with Crippen LogP contribution in [0.4, 0.5) is 5.82 Å². The van der Waals surface area contributed by atoms with E-state index >= 15 is 0 Å². The highest BCUT2D eigenvalue weighted by Gasteiger charge is 2.27. The number of nitrogens with zero attached hydrogens (tertiary/aromatic N) is 5. The van der Waals surface area contributed by atoms with Gasteiger partial charge in [0.05, 0.1) is 35.6 Å². The van der Waals surface area contributed by atoms with Crippen LogP contribution in [-0.2, 0) is 20.3 Å². The van der Waals surface area contributed by atoms with Crippen molar-refractivity contribution in [2.45, 2.75) is 23.6 Å². The Bertz CT molecular complexity index is 1020. The van der Waals surface area contributed by atoms with E-state index in [1.807, 2.05) is 11.8 Å². The zero-order valence-corrected chi connectivity index (χ0v) is 17.9. The topological polar surface area (TPSA) is 106 Å². The summed E-state index contributed by atoms with van der Waals surface area (Å²) >= 11 is 6.07. The summed E-state index contributed by atoms with van der Waals surface area (Å²) < 4.78 is 31.6. The molecule has 0 aliphatic carbocycles. The summed E-state index contributed by atoms with van der Waals surface area (Å²) in [5.74, 6) is -0.380. The van der Waals surface area contributed by atoms with Crippen molar-refractivity contribution in [2.24, 2.45) is 0 Å². The predicted molar refractivity (Wildman–Crippen MR) is 108 cm³/mol. The van der Waals surface area contributed by atoms with Gasteiger partial charge in [-0.25, -0.2) is 23.4 Å². The predicted octanol–water partition coefficient (Wildman–Crippen LogP) is 1.43. The average Bonchev–Trinajstić information content (AvgIpc) is 2.66. The van der Waals surface area contributed by atoms with Crippen molar-refractivity contribution in [3.05, 3.63) is 41.1 Å². The maximum Gasteiger partial charge on any atom is 0.273 e. The first kappa shape index (κ1) is 21.4. The van der Waals surface area contributed by atoms with Gasteiger partial charge in [-0.1, -0.05) is 0 Å². The molecule has 0 bridgehead atoms. The van der Waals surface area contributed by atoms with Crippen molar-refractivity contribution >= 4 is 33.2 Å². The number of amides is 1. The lowest BCUT2D eigenvalue weighted by Gasteiger charge is -2.34. The van der Waals surface area contributed by atoms with Crippen molar-refractivity contribution in [1.29, 1.82) is 0 Å². The number of hydrogen-bond donors (Lipinski definition) is 0. The lowest BCUT2D eigenvalue weighted by atomic mass is 10.2. The Morgan fingerprint density at radius 1 is 1.38 bits per heavy atom. The monoisotopic (exact) mass is 439 g/mol. The molecule has 3 heterocycles. The summed E-state index contributed by atoms with van der Waals surface area (Å²) in [7, 11) is -0.832. The van der Waals surface area contributed by atoms with Crippen LogP contribution in [0.5, 0.6) is 0 Å². The number of hydrogen-bond acceptors (Lipinski definition) is 8. The summed E-state index contributed by atoms with van der Waals surface area (Å²) in [6, 6.07) is 4.52. The van der Waals surface area contributed by atoms with E-state index in [9.17, 15) is 13.2 Å². The number of anilines is 1. The van der Waals surface area contributed by atoms with Crippen LogP contribution in [0.25, 0.3) is 0 Å². The molecule has 1 aliphatic heterocycles. The Morgan fingerprint density at radius 3 is 2.83 bits per heavy atom. The smallest absolute Gasteiger partial charge is 0.273 e. The van der Waals surface area contributed by atoms with Gasteiger partial charge in [-0.3, -0.25) is 4.79 Å². The number of aromatic nitrogens is 3. The number of sulfone groups is 1. The van der Waals surface area contributed by atoms with Gasteiger partial charge >= 0.3 is 0 Å². The summed E-state index contributed by atoms with van der Waals surface area (Å²) in [6.45, 7) is 3.69. The van der Waals surface area contributed by atoms with E-state index < -0.39 is 21.5 Å². The van der Waals surface area contributed by atoms with Crippen molar-refractivity contribution in [3.63, 3.8) is 0 Å². The molecule has 0 unspecified atom stereocenters. The number of carbonyl (C=O) groups excluding carboxylic acids is 1. The fourth-order valence-corrected chi connectivity index (χ4v) is 4.63. The van der Waals surface area contributed by atoms with Gasteiger partial charge in [0, 0.05) is 32.9 Å². The van der Waals surface area contributed by atoms with Gasteiger partial charge in [0.25, 0.3) is 5.91 Å². The van der Waals surface area contributed by atoms with E-state index in [0.717, 1.165) is 0 Å². The van der Waals surface area contributed by atoms with Gasteiger partial charge in [-0.2, -0.15) is 0 Å². The molecule has 1 aliphatic rings. The molecule has 9 nitrogen and oxygen atoms in total. The molecule has 0 radical (unpaired) electrons. The quantitative estimate of drug-likeness (QED) is 0.644. The number of morpholine rings is 1. The van der Waals surface area contributed by atoms with E-state index in [1.165, 1.54) is 37.3 Å². The molecule has 156 valence electrons. The second kappa shape index (κ2) is 8.60. The van der Waals surface area contributed by atoms with Crippen LogP contribution >= 0.6 is 11.6 Å². The molecule has 1 saturated heterocycles. The first-order chi connectivity index (χ1) is 13.7. The molecule has 29 heavy (non-hydrogen) atoms. The van der Waals surface area contributed by atoms with E-state index in [1.54, 1.807) is 6.07 Å². The molecule has 0 aromatic carbocycles. The third-order valence-corrected chi connectivity index (χ3v) is 6.30. The largest absolute Gasteiger partial charge is 0.377 e. The number of ether oxygens (including phenoxy) is 1. The summed E-state index contributed by atoms with van der Waals surface area (Å²) in [4.78, 5) is 27.8. The SMILES string of the molecule is C[C@H]1COCCN1c1cc(CS(=O)(=O)c2cccnc2C(=O)N(C)C)nc(Cl)n1. The maximum atomic E-state index is 13.1. The van der Waals surface area contributed by atoms with Crippen molar-refractivity contribution in [1.82, 2.24) is 19.9 Å². The highest BCUT2D eigenvalue weighted by Crippen LogP contribution is 2.24. The van der Waals surface area contributed by atoms with Crippen molar-refractivity contribution in [2.75, 3.05) is 38.8 Å². The minimum Gasteiger partial charge on any atom is -0.377 e. The number of rotatable bonds is 5. The number of pyridine rings is 1. The van der Waals surface area contributed by atoms with Gasteiger partial charge in [0.15, 0.2) is 9.84 Å². The van der Waals surface area contributed by atoms with Gasteiger partial charge in [0.2, 0.25) is 5.28 Å². The van der Waals surface area contributed by atoms with Gasteiger partial charge in [-0.05, 0) is 30.7 Å². The molecule has 2 aromatic heterocycles. The molecule has 2 aromatic rings. The zero-order valence-electron chi connectivity index (χ0n) is 16.4. The molecule has 3 rings (SSSR count). The minimum absolute atomic E-state index is 0.0397. The summed E-state index contributed by atoms with van der Waals surface area (Å²) in [5.41, 5.74) is 0.116. The summed E-state index contributed by atoms with van der Waals surface area (Å²) in [6.07, 6.45) is 1.38. The van der Waals surface area contributed by atoms with E-state index in [4.69, 9.17) is 16.3 Å². The van der Waals surface area contributed by atoms with Gasteiger partial charge in [0.1, 0.15) is 11.5 Å². The van der Waals surface area contributed by atoms with E-state index in [-0.39, 0.29) is 27.6 Å². The van der Waals surface area contributed by atoms with Crippen LogP contribution in [0.2, 0.25) is 5.28 Å². The second-order valence-electron chi connectivity index (χ2n) is 6.91. The Morgan fingerprint density at radius 2 is 2.14 bits per heavy atom. The van der Waals surface area contributed by atoms with Crippen molar-refractivity contribution in [3.8, 4) is 0 Å². The summed E-state index contributed by atoms with van der Waals surface area (Å²) in [5, 5.41) is -0.0397. The third kappa shape index (κ3) is 4.82. The molecular formula is C18H22ClN5O4S. The maximum absolute atomic E-state index is 13.1. The lowest BCUT2D eigenvalue weighted by molar-refractivity contribution is 0.0818. The van der Waals surface area contributed by atoms with Crippen LogP contribution in [0.1, 0.15) is 23.1 Å². The normalized spacial score (nSPS) is 17.2. The Kier molecular flexibility index (Phi) is 6.35. The molecule has 0 saturated carbocycles. The molecular weight excluding hydrogens is 418 g/mol. The molecule has 1 atom stereocenters. The van der Waals surface area contributed by atoms with Crippen molar-refractivity contribution < 1.29 is 17.9 Å². The third-order valence-electron chi connectivity index (χ3n) is 4.45. The number of halogens is 1. The molecule has 11 heteroatoms. The van der Waals surface area contributed by atoms with Gasteiger partial charge in [-0.15, -0.1) is 0 Å². The first-order valence-corrected chi connectivity index (χ1v) is 11.0. The van der Waals surface area contributed by atoms with Crippen LogP contribution in [0.3, 0.4) is 0 Å². The number of carbonyl (C=O) groups is 1. The van der Waals surface area contributed by atoms with E-state index in [2.05, 4.69) is 15.0 Å². The fraction of sp³-hybridized carbons (Fsp3) is 0.444. The Labute approximate surface area is 174 Å². The average molecular weight is 440 g/mol. The molecule has 0 spiro atoms.